The lowest BCUT2D eigenvalue weighted by atomic mass is 10.1. The van der Waals surface area contributed by atoms with Gasteiger partial charge in [0.1, 0.15) is 10.6 Å². The molecule has 27 heavy (non-hydrogen) atoms. The Labute approximate surface area is 160 Å². The van der Waals surface area contributed by atoms with Crippen molar-refractivity contribution in [3.8, 4) is 17.6 Å². The van der Waals surface area contributed by atoms with Gasteiger partial charge in [-0.25, -0.2) is 8.42 Å². The molecule has 0 aliphatic heterocycles. The Hall–Kier alpha value is -2.82. The van der Waals surface area contributed by atoms with Crippen molar-refractivity contribution in [1.29, 1.82) is 0 Å². The SMILES string of the molecule is CCOc1ccccc1S(=O)(=O)NCC#Cc1ccc(C(=O)N(C)C)cc1. The normalized spacial score (nSPS) is 10.6. The molecule has 0 aliphatic carbocycles. The molecule has 0 fully saturated rings. The largest absolute Gasteiger partial charge is 0.492 e. The molecule has 7 heteroatoms. The quantitative estimate of drug-likeness (QED) is 0.772. The van der Waals surface area contributed by atoms with Gasteiger partial charge in [0.05, 0.1) is 13.2 Å². The molecule has 1 amide bonds. The molecule has 0 spiro atoms. The number of amides is 1. The third-order valence-electron chi connectivity index (χ3n) is 3.56. The minimum atomic E-state index is -3.72. The molecular weight excluding hydrogens is 364 g/mol. The van der Waals surface area contributed by atoms with Crippen LogP contribution in [0.15, 0.2) is 53.4 Å². The van der Waals surface area contributed by atoms with Crippen molar-refractivity contribution in [3.05, 3.63) is 59.7 Å². The summed E-state index contributed by atoms with van der Waals surface area (Å²) >= 11 is 0. The lowest BCUT2D eigenvalue weighted by Crippen LogP contribution is -2.24. The fourth-order valence-corrected chi connectivity index (χ4v) is 3.32. The van der Waals surface area contributed by atoms with Crippen LogP contribution in [0, 0.1) is 11.8 Å². The third kappa shape index (κ3) is 5.58. The topological polar surface area (TPSA) is 75.7 Å². The minimum absolute atomic E-state index is 0.0405. The molecular formula is C20H22N2O4S. The number of nitrogens with zero attached hydrogens (tertiary/aromatic N) is 1. The van der Waals surface area contributed by atoms with E-state index < -0.39 is 10.0 Å². The Bertz CT molecular complexity index is 955. The zero-order valence-electron chi connectivity index (χ0n) is 15.5. The molecule has 2 aromatic rings. The van der Waals surface area contributed by atoms with Crippen LogP contribution in [-0.4, -0.2) is 46.5 Å². The monoisotopic (exact) mass is 386 g/mol. The predicted octanol–water partition coefficient (Wildman–Crippen LogP) is 2.12. The van der Waals surface area contributed by atoms with Crippen LogP contribution in [0.25, 0.3) is 0 Å². The van der Waals surface area contributed by atoms with Gasteiger partial charge in [-0.3, -0.25) is 4.79 Å². The highest BCUT2D eigenvalue weighted by Crippen LogP contribution is 2.22. The van der Waals surface area contributed by atoms with Crippen molar-refractivity contribution < 1.29 is 17.9 Å². The van der Waals surface area contributed by atoms with E-state index in [0.29, 0.717) is 23.5 Å². The first-order valence-corrected chi connectivity index (χ1v) is 9.85. The Balaban J connectivity index is 2.03. The number of sulfonamides is 1. The molecule has 0 unspecified atom stereocenters. The molecule has 0 radical (unpaired) electrons. The molecule has 6 nitrogen and oxygen atoms in total. The second kappa shape index (κ2) is 9.21. The van der Waals surface area contributed by atoms with Crippen molar-refractivity contribution >= 4 is 15.9 Å². The van der Waals surface area contributed by atoms with Gasteiger partial charge in [0.2, 0.25) is 10.0 Å². The Kier molecular flexibility index (Phi) is 6.99. The van der Waals surface area contributed by atoms with Gasteiger partial charge in [-0.1, -0.05) is 24.0 Å². The zero-order chi connectivity index (χ0) is 19.9. The number of para-hydroxylation sites is 1. The molecule has 1 N–H and O–H groups in total. The summed E-state index contributed by atoms with van der Waals surface area (Å²) in [5.41, 5.74) is 1.26. The van der Waals surface area contributed by atoms with Crippen molar-refractivity contribution in [2.75, 3.05) is 27.2 Å². The predicted molar refractivity (Wildman–Crippen MR) is 104 cm³/mol. The van der Waals surface area contributed by atoms with E-state index in [2.05, 4.69) is 16.6 Å². The number of benzene rings is 2. The number of carbonyl (C=O) groups excluding carboxylic acids is 1. The van der Waals surface area contributed by atoms with Crippen LogP contribution in [0.5, 0.6) is 5.75 Å². The van der Waals surface area contributed by atoms with Crippen molar-refractivity contribution in [2.24, 2.45) is 0 Å². The maximum absolute atomic E-state index is 12.4. The molecule has 0 aliphatic rings. The highest BCUT2D eigenvalue weighted by molar-refractivity contribution is 7.89. The number of carbonyl (C=O) groups is 1. The average molecular weight is 386 g/mol. The molecule has 0 saturated heterocycles. The second-order valence-electron chi connectivity index (χ2n) is 5.78. The minimum Gasteiger partial charge on any atom is -0.492 e. The highest BCUT2D eigenvalue weighted by atomic mass is 32.2. The van der Waals surface area contributed by atoms with Gasteiger partial charge in [0, 0.05) is 25.2 Å². The van der Waals surface area contributed by atoms with Gasteiger partial charge < -0.3 is 9.64 Å². The Morgan fingerprint density at radius 3 is 2.41 bits per heavy atom. The van der Waals surface area contributed by atoms with Crippen LogP contribution >= 0.6 is 0 Å². The molecule has 0 atom stereocenters. The average Bonchev–Trinajstić information content (AvgIpc) is 2.66. The van der Waals surface area contributed by atoms with E-state index in [0.717, 1.165) is 0 Å². The summed E-state index contributed by atoms with van der Waals surface area (Å²) in [6, 6.07) is 13.3. The van der Waals surface area contributed by atoms with E-state index in [1.54, 1.807) is 63.5 Å². The van der Waals surface area contributed by atoms with Gasteiger partial charge >= 0.3 is 0 Å². The maximum atomic E-state index is 12.4. The maximum Gasteiger partial charge on any atom is 0.253 e. The van der Waals surface area contributed by atoms with Crippen LogP contribution in [0.1, 0.15) is 22.8 Å². The highest BCUT2D eigenvalue weighted by Gasteiger charge is 2.18. The van der Waals surface area contributed by atoms with Crippen LogP contribution in [-0.2, 0) is 10.0 Å². The van der Waals surface area contributed by atoms with Gasteiger partial charge in [-0.05, 0) is 43.3 Å². The van der Waals surface area contributed by atoms with Crippen LogP contribution in [0.2, 0.25) is 0 Å². The first kappa shape index (κ1) is 20.5. The van der Waals surface area contributed by atoms with Crippen molar-refractivity contribution in [3.63, 3.8) is 0 Å². The number of hydrogen-bond donors (Lipinski definition) is 1. The van der Waals surface area contributed by atoms with E-state index in [-0.39, 0.29) is 17.3 Å². The van der Waals surface area contributed by atoms with Gasteiger partial charge in [0.15, 0.2) is 0 Å². The first-order chi connectivity index (χ1) is 12.8. The van der Waals surface area contributed by atoms with Gasteiger partial charge in [0.25, 0.3) is 5.91 Å². The lowest BCUT2D eigenvalue weighted by molar-refractivity contribution is 0.0827. The summed E-state index contributed by atoms with van der Waals surface area (Å²) in [5, 5.41) is 0. The summed E-state index contributed by atoms with van der Waals surface area (Å²) in [6.07, 6.45) is 0. The summed E-state index contributed by atoms with van der Waals surface area (Å²) in [7, 11) is -0.350. The lowest BCUT2D eigenvalue weighted by Gasteiger charge is -2.10. The third-order valence-corrected chi connectivity index (χ3v) is 5.00. The van der Waals surface area contributed by atoms with E-state index in [1.807, 2.05) is 0 Å². The van der Waals surface area contributed by atoms with Crippen LogP contribution in [0.4, 0.5) is 0 Å². The van der Waals surface area contributed by atoms with Crippen LogP contribution < -0.4 is 9.46 Å². The number of rotatable bonds is 6. The molecule has 0 saturated carbocycles. The fraction of sp³-hybridized carbons (Fsp3) is 0.250. The zero-order valence-corrected chi connectivity index (χ0v) is 16.3. The van der Waals surface area contributed by atoms with Gasteiger partial charge in [-0.2, -0.15) is 4.72 Å². The molecule has 142 valence electrons. The van der Waals surface area contributed by atoms with E-state index >= 15 is 0 Å². The standard InChI is InChI=1S/C20H22N2O4S/c1-4-26-18-9-5-6-10-19(18)27(24,25)21-15-7-8-16-11-13-17(14-12-16)20(23)22(2)3/h5-6,9-14,21H,4,15H2,1-3H3. The molecule has 2 aromatic carbocycles. The second-order valence-corrected chi connectivity index (χ2v) is 7.52. The summed E-state index contributed by atoms with van der Waals surface area (Å²) in [6.45, 7) is 2.12. The molecule has 2 rings (SSSR count). The summed E-state index contributed by atoms with van der Waals surface area (Å²) < 4.78 is 32.6. The molecule has 0 heterocycles. The first-order valence-electron chi connectivity index (χ1n) is 8.37. The van der Waals surface area contributed by atoms with Crippen molar-refractivity contribution in [1.82, 2.24) is 9.62 Å². The van der Waals surface area contributed by atoms with Crippen molar-refractivity contribution in [2.45, 2.75) is 11.8 Å². The molecule has 0 bridgehead atoms. The Morgan fingerprint density at radius 1 is 1.11 bits per heavy atom. The molecule has 0 aromatic heterocycles. The Morgan fingerprint density at radius 2 is 1.78 bits per heavy atom. The number of nitrogens with one attached hydrogen (secondary N) is 1. The number of hydrogen-bond acceptors (Lipinski definition) is 4. The van der Waals surface area contributed by atoms with E-state index in [1.165, 1.54) is 11.0 Å². The fourth-order valence-electron chi connectivity index (χ4n) is 2.26. The van der Waals surface area contributed by atoms with E-state index in [4.69, 9.17) is 4.74 Å². The summed E-state index contributed by atoms with van der Waals surface area (Å²) in [5.74, 6) is 5.86. The van der Waals surface area contributed by atoms with E-state index in [9.17, 15) is 13.2 Å². The smallest absolute Gasteiger partial charge is 0.253 e. The summed E-state index contributed by atoms with van der Waals surface area (Å²) in [4.78, 5) is 13.4. The number of ether oxygens (including phenoxy) is 1. The van der Waals surface area contributed by atoms with Crippen LogP contribution in [0.3, 0.4) is 0 Å². The van der Waals surface area contributed by atoms with Gasteiger partial charge in [-0.15, -0.1) is 0 Å².